The summed E-state index contributed by atoms with van der Waals surface area (Å²) >= 11 is 7.63. The summed E-state index contributed by atoms with van der Waals surface area (Å²) in [6.45, 7) is 8.31. The summed E-state index contributed by atoms with van der Waals surface area (Å²) in [4.78, 5) is 12.5. The summed E-state index contributed by atoms with van der Waals surface area (Å²) in [7, 11) is 0. The molecule has 0 fully saturated rings. The van der Waals surface area contributed by atoms with E-state index in [2.05, 4.69) is 34.2 Å². The Labute approximate surface area is 180 Å². The number of thioether (sulfide) groups is 1. The van der Waals surface area contributed by atoms with Crippen molar-refractivity contribution in [3.63, 3.8) is 0 Å². The van der Waals surface area contributed by atoms with Crippen molar-refractivity contribution >= 4 is 35.0 Å². The second-order valence-electron chi connectivity index (χ2n) is 6.74. The second-order valence-corrected chi connectivity index (χ2v) is 8.09. The fourth-order valence-corrected chi connectivity index (χ4v) is 4.16. The van der Waals surface area contributed by atoms with Gasteiger partial charge in [0.25, 0.3) is 0 Å². The van der Waals surface area contributed by atoms with Gasteiger partial charge in [-0.3, -0.25) is 4.79 Å². The zero-order valence-electron chi connectivity index (χ0n) is 16.5. The van der Waals surface area contributed by atoms with Crippen LogP contribution in [0.25, 0.3) is 0 Å². The van der Waals surface area contributed by atoms with E-state index >= 15 is 0 Å². The van der Waals surface area contributed by atoms with Gasteiger partial charge in [-0.1, -0.05) is 65.8 Å². The molecule has 1 heterocycles. The molecule has 0 spiro atoms. The van der Waals surface area contributed by atoms with E-state index in [0.717, 1.165) is 22.5 Å². The van der Waals surface area contributed by atoms with Crippen molar-refractivity contribution in [2.24, 2.45) is 0 Å². The molecule has 0 bridgehead atoms. The van der Waals surface area contributed by atoms with Crippen molar-refractivity contribution in [1.29, 1.82) is 0 Å². The average molecular weight is 427 g/mol. The molecular weight excluding hydrogens is 404 g/mol. The number of halogens is 1. The number of carbonyl (C=O) groups is 1. The van der Waals surface area contributed by atoms with Gasteiger partial charge >= 0.3 is 0 Å². The largest absolute Gasteiger partial charge is 0.324 e. The third-order valence-electron chi connectivity index (χ3n) is 4.34. The Kier molecular flexibility index (Phi) is 7.12. The number of rotatable bonds is 8. The fraction of sp³-hybridized carbons (Fsp3) is 0.227. The van der Waals surface area contributed by atoms with Crippen LogP contribution in [0.2, 0.25) is 5.02 Å². The fourth-order valence-electron chi connectivity index (χ4n) is 3.03. The van der Waals surface area contributed by atoms with Crippen LogP contribution in [0.3, 0.4) is 0 Å². The van der Waals surface area contributed by atoms with E-state index in [1.807, 2.05) is 48.7 Å². The standard InChI is InChI=1S/C22H23ClN4OS/c1-4-10-27-19(13-17-8-6-5-7-9-17)25-26-22(27)29-14-20(28)24-21-16(3)11-15(2)12-18(21)23/h4-9,11-12H,1,10,13-14H2,2-3H3,(H,24,28). The minimum absolute atomic E-state index is 0.137. The van der Waals surface area contributed by atoms with E-state index in [1.54, 1.807) is 6.08 Å². The Balaban J connectivity index is 1.68. The van der Waals surface area contributed by atoms with Crippen LogP contribution in [0.4, 0.5) is 5.69 Å². The minimum Gasteiger partial charge on any atom is -0.324 e. The Morgan fingerprint density at radius 1 is 1.24 bits per heavy atom. The molecule has 0 saturated heterocycles. The number of nitrogens with one attached hydrogen (secondary N) is 1. The molecule has 0 unspecified atom stereocenters. The molecule has 1 amide bonds. The van der Waals surface area contributed by atoms with Gasteiger partial charge in [0.2, 0.25) is 5.91 Å². The maximum atomic E-state index is 12.5. The van der Waals surface area contributed by atoms with E-state index in [1.165, 1.54) is 11.8 Å². The molecule has 2 aromatic carbocycles. The van der Waals surface area contributed by atoms with Crippen molar-refractivity contribution < 1.29 is 4.79 Å². The lowest BCUT2D eigenvalue weighted by atomic mass is 10.1. The average Bonchev–Trinajstić information content (AvgIpc) is 3.05. The Morgan fingerprint density at radius 3 is 2.69 bits per heavy atom. The summed E-state index contributed by atoms with van der Waals surface area (Å²) in [6, 6.07) is 13.9. The van der Waals surface area contributed by atoms with Crippen molar-refractivity contribution in [2.75, 3.05) is 11.1 Å². The highest BCUT2D eigenvalue weighted by Gasteiger charge is 2.15. The highest BCUT2D eigenvalue weighted by Crippen LogP contribution is 2.28. The topological polar surface area (TPSA) is 59.8 Å². The Morgan fingerprint density at radius 2 is 2.00 bits per heavy atom. The van der Waals surface area contributed by atoms with Crippen molar-refractivity contribution in [1.82, 2.24) is 14.8 Å². The third kappa shape index (κ3) is 5.49. The minimum atomic E-state index is -0.137. The molecule has 5 nitrogen and oxygen atoms in total. The molecule has 1 N–H and O–H groups in total. The normalized spacial score (nSPS) is 10.7. The molecular formula is C22H23ClN4OS. The second kappa shape index (κ2) is 9.76. The predicted molar refractivity (Wildman–Crippen MR) is 120 cm³/mol. The van der Waals surface area contributed by atoms with Crippen LogP contribution in [0.1, 0.15) is 22.5 Å². The number of amides is 1. The molecule has 0 atom stereocenters. The third-order valence-corrected chi connectivity index (χ3v) is 5.60. The number of allylic oxidation sites excluding steroid dienone is 1. The summed E-state index contributed by atoms with van der Waals surface area (Å²) in [5.74, 6) is 0.919. The van der Waals surface area contributed by atoms with Crippen LogP contribution in [0, 0.1) is 13.8 Å². The number of aryl methyl sites for hydroxylation is 2. The first-order valence-electron chi connectivity index (χ1n) is 9.24. The lowest BCUT2D eigenvalue weighted by molar-refractivity contribution is -0.113. The summed E-state index contributed by atoms with van der Waals surface area (Å²) in [5.41, 5.74) is 3.81. The maximum Gasteiger partial charge on any atom is 0.234 e. The van der Waals surface area contributed by atoms with E-state index in [0.29, 0.717) is 28.8 Å². The number of hydrogen-bond acceptors (Lipinski definition) is 4. The van der Waals surface area contributed by atoms with Crippen LogP contribution in [-0.4, -0.2) is 26.4 Å². The molecule has 3 rings (SSSR count). The van der Waals surface area contributed by atoms with Crippen molar-refractivity contribution in [3.05, 3.63) is 82.7 Å². The van der Waals surface area contributed by atoms with Crippen molar-refractivity contribution in [2.45, 2.75) is 32.0 Å². The zero-order chi connectivity index (χ0) is 20.8. The molecule has 0 saturated carbocycles. The van der Waals surface area contributed by atoms with Gasteiger partial charge in [0.15, 0.2) is 5.16 Å². The van der Waals surface area contributed by atoms with E-state index < -0.39 is 0 Å². The molecule has 0 aliphatic rings. The van der Waals surface area contributed by atoms with Crippen molar-refractivity contribution in [3.8, 4) is 0 Å². The van der Waals surface area contributed by atoms with Crippen LogP contribution in [0.15, 0.2) is 60.3 Å². The number of aromatic nitrogens is 3. The quantitative estimate of drug-likeness (QED) is 0.404. The van der Waals surface area contributed by atoms with Gasteiger partial charge in [0.05, 0.1) is 16.5 Å². The number of benzene rings is 2. The van der Waals surface area contributed by atoms with Crippen LogP contribution >= 0.6 is 23.4 Å². The molecule has 0 aliphatic heterocycles. The molecule has 3 aromatic rings. The van der Waals surface area contributed by atoms with E-state index in [4.69, 9.17) is 11.6 Å². The number of carbonyl (C=O) groups excluding carboxylic acids is 1. The van der Waals surface area contributed by atoms with Crippen LogP contribution in [-0.2, 0) is 17.8 Å². The smallest absolute Gasteiger partial charge is 0.234 e. The predicted octanol–water partition coefficient (Wildman–Crippen LogP) is 5.06. The molecule has 1 aromatic heterocycles. The lowest BCUT2D eigenvalue weighted by Gasteiger charge is -2.12. The van der Waals surface area contributed by atoms with Gasteiger partial charge in [-0.2, -0.15) is 0 Å². The summed E-state index contributed by atoms with van der Waals surface area (Å²) < 4.78 is 1.99. The number of anilines is 1. The first kappa shape index (κ1) is 21.1. The van der Waals surface area contributed by atoms with Gasteiger partial charge in [-0.25, -0.2) is 0 Å². The van der Waals surface area contributed by atoms with Crippen LogP contribution in [0.5, 0.6) is 0 Å². The van der Waals surface area contributed by atoms with Crippen LogP contribution < -0.4 is 5.32 Å². The lowest BCUT2D eigenvalue weighted by Crippen LogP contribution is -2.16. The molecule has 7 heteroatoms. The molecule has 0 aliphatic carbocycles. The van der Waals surface area contributed by atoms with Gasteiger partial charge in [-0.15, -0.1) is 16.8 Å². The van der Waals surface area contributed by atoms with E-state index in [9.17, 15) is 4.79 Å². The Bertz CT molecular complexity index is 994. The van der Waals surface area contributed by atoms with Gasteiger partial charge in [0.1, 0.15) is 5.82 Å². The number of nitrogens with zero attached hydrogens (tertiary/aromatic N) is 3. The first-order valence-corrected chi connectivity index (χ1v) is 10.6. The van der Waals surface area contributed by atoms with Gasteiger partial charge in [-0.05, 0) is 36.6 Å². The highest BCUT2D eigenvalue weighted by atomic mass is 35.5. The molecule has 29 heavy (non-hydrogen) atoms. The highest BCUT2D eigenvalue weighted by molar-refractivity contribution is 7.99. The van der Waals surface area contributed by atoms with E-state index in [-0.39, 0.29) is 11.7 Å². The summed E-state index contributed by atoms with van der Waals surface area (Å²) in [5, 5.41) is 12.7. The van der Waals surface area contributed by atoms with Gasteiger partial charge < -0.3 is 9.88 Å². The number of hydrogen-bond donors (Lipinski definition) is 1. The molecule has 150 valence electrons. The molecule has 0 radical (unpaired) electrons. The Hall–Kier alpha value is -2.57. The zero-order valence-corrected chi connectivity index (χ0v) is 18.1. The maximum absolute atomic E-state index is 12.5. The summed E-state index contributed by atoms with van der Waals surface area (Å²) in [6.07, 6.45) is 2.48. The first-order chi connectivity index (χ1) is 14.0. The monoisotopic (exact) mass is 426 g/mol. The SMILES string of the molecule is C=CCn1c(Cc2ccccc2)nnc1SCC(=O)Nc1c(C)cc(C)cc1Cl. The van der Waals surface area contributed by atoms with Gasteiger partial charge in [0, 0.05) is 13.0 Å².